The molecule has 0 aliphatic carbocycles. The Labute approximate surface area is 131 Å². The Morgan fingerprint density at radius 3 is 2.78 bits per heavy atom. The number of nitrogens with zero attached hydrogens (tertiary/aromatic N) is 3. The lowest BCUT2D eigenvalue weighted by Gasteiger charge is -2.11. The van der Waals surface area contributed by atoms with Crippen molar-refractivity contribution in [2.45, 2.75) is 13.0 Å². The minimum atomic E-state index is -0.390. The molecule has 3 aromatic rings. The molecule has 0 aliphatic rings. The molecule has 0 radical (unpaired) electrons. The van der Waals surface area contributed by atoms with E-state index in [9.17, 15) is 9.18 Å². The number of aromatic nitrogens is 4. The monoisotopic (exact) mass is 311 g/mol. The van der Waals surface area contributed by atoms with Crippen molar-refractivity contribution in [3.05, 3.63) is 65.7 Å². The van der Waals surface area contributed by atoms with E-state index < -0.39 is 6.04 Å². The van der Waals surface area contributed by atoms with Crippen molar-refractivity contribution in [1.29, 1.82) is 0 Å². The van der Waals surface area contributed by atoms with E-state index in [0.29, 0.717) is 22.5 Å². The molecule has 23 heavy (non-hydrogen) atoms. The molecule has 116 valence electrons. The van der Waals surface area contributed by atoms with Crippen LogP contribution in [0.4, 0.5) is 4.39 Å². The highest BCUT2D eigenvalue weighted by molar-refractivity contribution is 5.95. The fourth-order valence-corrected chi connectivity index (χ4v) is 2.22. The number of aromatic amines is 1. The number of carbonyl (C=O) groups is 1. The van der Waals surface area contributed by atoms with Gasteiger partial charge in [0.15, 0.2) is 5.82 Å². The maximum Gasteiger partial charge on any atom is 0.251 e. The Bertz CT molecular complexity index is 819. The van der Waals surface area contributed by atoms with Crippen molar-refractivity contribution in [2.24, 2.45) is 0 Å². The molecular weight excluding hydrogens is 297 g/mol. The number of hydrogen-bond donors (Lipinski definition) is 2. The summed E-state index contributed by atoms with van der Waals surface area (Å²) < 4.78 is 13.9. The number of tetrazole rings is 1. The van der Waals surface area contributed by atoms with Crippen LogP contribution < -0.4 is 5.32 Å². The molecule has 3 rings (SSSR count). The van der Waals surface area contributed by atoms with Gasteiger partial charge in [0.25, 0.3) is 5.91 Å². The van der Waals surface area contributed by atoms with Gasteiger partial charge in [0.2, 0.25) is 0 Å². The van der Waals surface area contributed by atoms with E-state index in [2.05, 4.69) is 25.9 Å². The molecule has 0 bridgehead atoms. The van der Waals surface area contributed by atoms with Crippen LogP contribution in [0.1, 0.15) is 29.1 Å². The Kier molecular flexibility index (Phi) is 4.09. The first-order valence-corrected chi connectivity index (χ1v) is 7.04. The number of rotatable bonds is 4. The number of halogens is 1. The van der Waals surface area contributed by atoms with Crippen LogP contribution in [0.15, 0.2) is 48.5 Å². The van der Waals surface area contributed by atoms with Crippen LogP contribution in [0.2, 0.25) is 0 Å². The molecule has 0 saturated carbocycles. The van der Waals surface area contributed by atoms with Crippen LogP contribution in [-0.4, -0.2) is 26.5 Å². The summed E-state index contributed by atoms with van der Waals surface area (Å²) in [6.07, 6.45) is 0. The van der Waals surface area contributed by atoms with Crippen molar-refractivity contribution in [3.63, 3.8) is 0 Å². The molecule has 2 aromatic carbocycles. The molecule has 2 N–H and O–H groups in total. The second-order valence-electron chi connectivity index (χ2n) is 5.03. The molecule has 1 amide bonds. The third-order valence-electron chi connectivity index (χ3n) is 3.41. The van der Waals surface area contributed by atoms with Crippen LogP contribution in [-0.2, 0) is 0 Å². The van der Waals surface area contributed by atoms with Crippen molar-refractivity contribution in [2.75, 3.05) is 0 Å². The van der Waals surface area contributed by atoms with Crippen molar-refractivity contribution >= 4 is 5.91 Å². The molecule has 1 aromatic heterocycles. The quantitative estimate of drug-likeness (QED) is 0.775. The summed E-state index contributed by atoms with van der Waals surface area (Å²) >= 11 is 0. The maximum absolute atomic E-state index is 13.9. The highest BCUT2D eigenvalue weighted by Gasteiger charge is 2.15. The normalized spacial score (nSPS) is 11.9. The molecule has 1 unspecified atom stereocenters. The summed E-state index contributed by atoms with van der Waals surface area (Å²) in [6.45, 7) is 1.75. The number of amides is 1. The van der Waals surface area contributed by atoms with Gasteiger partial charge < -0.3 is 5.32 Å². The second-order valence-corrected chi connectivity index (χ2v) is 5.03. The number of hydrogen-bond acceptors (Lipinski definition) is 4. The van der Waals surface area contributed by atoms with E-state index in [1.54, 1.807) is 49.4 Å². The Balaban J connectivity index is 1.82. The number of benzene rings is 2. The average Bonchev–Trinajstić information content (AvgIpc) is 3.10. The minimum absolute atomic E-state index is 0.291. The van der Waals surface area contributed by atoms with Crippen molar-refractivity contribution in [1.82, 2.24) is 25.9 Å². The van der Waals surface area contributed by atoms with Gasteiger partial charge >= 0.3 is 0 Å². The van der Waals surface area contributed by atoms with Gasteiger partial charge in [-0.15, -0.1) is 10.2 Å². The van der Waals surface area contributed by atoms with Crippen LogP contribution in [0, 0.1) is 5.82 Å². The van der Waals surface area contributed by atoms with E-state index in [1.165, 1.54) is 6.07 Å². The third kappa shape index (κ3) is 3.23. The highest BCUT2D eigenvalue weighted by Crippen LogP contribution is 2.23. The zero-order chi connectivity index (χ0) is 16.2. The van der Waals surface area contributed by atoms with Gasteiger partial charge in [-0.2, -0.15) is 5.21 Å². The van der Waals surface area contributed by atoms with E-state index in [1.807, 2.05) is 0 Å². The zero-order valence-electron chi connectivity index (χ0n) is 12.3. The molecule has 0 spiro atoms. The average molecular weight is 311 g/mol. The zero-order valence-corrected chi connectivity index (χ0v) is 12.3. The standard InChI is InChI=1S/C16H14FN5O/c1-10(15-19-21-22-20-15)18-16(23)12-6-4-5-11(9-12)13-7-2-3-8-14(13)17/h2-10H,1H3,(H,18,23)(H,19,20,21,22). The first-order chi connectivity index (χ1) is 11.1. The second kappa shape index (κ2) is 6.35. The molecule has 1 atom stereocenters. The number of carbonyl (C=O) groups excluding carboxylic acids is 1. The van der Waals surface area contributed by atoms with Crippen LogP contribution in [0.5, 0.6) is 0 Å². The minimum Gasteiger partial charge on any atom is -0.342 e. The largest absolute Gasteiger partial charge is 0.342 e. The predicted octanol–water partition coefficient (Wildman–Crippen LogP) is 2.50. The lowest BCUT2D eigenvalue weighted by atomic mass is 10.0. The third-order valence-corrected chi connectivity index (χ3v) is 3.41. The first kappa shape index (κ1) is 14.8. The topological polar surface area (TPSA) is 83.6 Å². The number of H-pyrrole nitrogens is 1. The molecule has 0 saturated heterocycles. The summed E-state index contributed by atoms with van der Waals surface area (Å²) in [5, 5.41) is 16.2. The van der Waals surface area contributed by atoms with E-state index in [4.69, 9.17) is 0 Å². The van der Waals surface area contributed by atoms with Gasteiger partial charge in [-0.3, -0.25) is 4.79 Å². The molecule has 0 aliphatic heterocycles. The van der Waals surface area contributed by atoms with Crippen LogP contribution >= 0.6 is 0 Å². The van der Waals surface area contributed by atoms with Crippen LogP contribution in [0.25, 0.3) is 11.1 Å². The van der Waals surface area contributed by atoms with E-state index >= 15 is 0 Å². The van der Waals surface area contributed by atoms with Crippen molar-refractivity contribution < 1.29 is 9.18 Å². The summed E-state index contributed by atoms with van der Waals surface area (Å²) in [6, 6.07) is 12.9. The van der Waals surface area contributed by atoms with Gasteiger partial charge in [0.1, 0.15) is 5.82 Å². The van der Waals surface area contributed by atoms with E-state index in [-0.39, 0.29) is 11.7 Å². The summed E-state index contributed by atoms with van der Waals surface area (Å²) in [5.41, 5.74) is 1.53. The summed E-state index contributed by atoms with van der Waals surface area (Å²) in [7, 11) is 0. The fraction of sp³-hybridized carbons (Fsp3) is 0.125. The smallest absolute Gasteiger partial charge is 0.251 e. The lowest BCUT2D eigenvalue weighted by Crippen LogP contribution is -2.27. The Hall–Kier alpha value is -3.09. The predicted molar refractivity (Wildman–Crippen MR) is 81.9 cm³/mol. The number of nitrogens with one attached hydrogen (secondary N) is 2. The lowest BCUT2D eigenvalue weighted by molar-refractivity contribution is 0.0938. The van der Waals surface area contributed by atoms with E-state index in [0.717, 1.165) is 0 Å². The summed E-state index contributed by atoms with van der Waals surface area (Å²) in [5.74, 6) is -0.227. The van der Waals surface area contributed by atoms with Gasteiger partial charge in [-0.05, 0) is 30.7 Å². The van der Waals surface area contributed by atoms with Crippen LogP contribution in [0.3, 0.4) is 0 Å². The highest BCUT2D eigenvalue weighted by atomic mass is 19.1. The molecular formula is C16H14FN5O. The SMILES string of the molecule is CC(NC(=O)c1cccc(-c2ccccc2F)c1)c1nn[nH]n1. The first-order valence-electron chi connectivity index (χ1n) is 7.04. The van der Waals surface area contributed by atoms with Crippen molar-refractivity contribution in [3.8, 4) is 11.1 Å². The molecule has 1 heterocycles. The Morgan fingerprint density at radius 2 is 2.04 bits per heavy atom. The summed E-state index contributed by atoms with van der Waals surface area (Å²) in [4.78, 5) is 12.3. The molecule has 0 fully saturated rings. The Morgan fingerprint density at radius 1 is 1.22 bits per heavy atom. The maximum atomic E-state index is 13.9. The van der Waals surface area contributed by atoms with Gasteiger partial charge in [0.05, 0.1) is 6.04 Å². The molecule has 7 heteroatoms. The van der Waals surface area contributed by atoms with Gasteiger partial charge in [0, 0.05) is 11.1 Å². The van der Waals surface area contributed by atoms with Gasteiger partial charge in [-0.25, -0.2) is 4.39 Å². The van der Waals surface area contributed by atoms with Gasteiger partial charge in [-0.1, -0.05) is 35.5 Å². The fourth-order valence-electron chi connectivity index (χ4n) is 2.22. The molecule has 6 nitrogen and oxygen atoms in total.